The number of nitrogens with one attached hydrogen (secondary N) is 1. The van der Waals surface area contributed by atoms with Crippen molar-refractivity contribution < 1.29 is 28.6 Å². The Labute approximate surface area is 164 Å². The van der Waals surface area contributed by atoms with E-state index in [1.165, 1.54) is 12.0 Å². The van der Waals surface area contributed by atoms with Crippen LogP contribution in [0.5, 0.6) is 11.5 Å². The SMILES string of the molecule is CCOC(=O)[C@]1(C)N[C@@H](c2ccc(OC)cc2OC)[C@@H]2C(=O)N(CC)C(=O)[C@H]21. The van der Waals surface area contributed by atoms with E-state index in [1.54, 1.807) is 46.1 Å². The van der Waals surface area contributed by atoms with Gasteiger partial charge in [-0.05, 0) is 26.8 Å². The minimum atomic E-state index is -1.31. The number of nitrogens with zero attached hydrogens (tertiary/aromatic N) is 1. The molecule has 28 heavy (non-hydrogen) atoms. The van der Waals surface area contributed by atoms with Crippen molar-refractivity contribution in [3.05, 3.63) is 23.8 Å². The number of methoxy groups -OCH3 is 2. The van der Waals surface area contributed by atoms with Gasteiger partial charge in [0, 0.05) is 24.2 Å². The van der Waals surface area contributed by atoms with Crippen LogP contribution in [0.15, 0.2) is 18.2 Å². The van der Waals surface area contributed by atoms with Gasteiger partial charge in [-0.1, -0.05) is 6.07 Å². The first-order valence-electron chi connectivity index (χ1n) is 9.36. The number of amides is 2. The normalized spacial score (nSPS) is 29.0. The van der Waals surface area contributed by atoms with Gasteiger partial charge in [-0.15, -0.1) is 0 Å². The van der Waals surface area contributed by atoms with Crippen LogP contribution in [-0.4, -0.2) is 55.6 Å². The summed E-state index contributed by atoms with van der Waals surface area (Å²) in [5, 5.41) is 3.22. The highest BCUT2D eigenvalue weighted by atomic mass is 16.5. The van der Waals surface area contributed by atoms with E-state index in [-0.39, 0.29) is 25.0 Å². The Hall–Kier alpha value is -2.61. The molecule has 1 aromatic carbocycles. The molecule has 0 saturated carbocycles. The molecule has 1 N–H and O–H groups in total. The summed E-state index contributed by atoms with van der Waals surface area (Å²) in [6, 6.07) is 4.68. The van der Waals surface area contributed by atoms with Gasteiger partial charge in [-0.2, -0.15) is 0 Å². The second-order valence-corrected chi connectivity index (χ2v) is 7.08. The third kappa shape index (κ3) is 2.83. The van der Waals surface area contributed by atoms with Crippen LogP contribution in [0, 0.1) is 11.8 Å². The molecule has 8 heteroatoms. The lowest BCUT2D eigenvalue weighted by atomic mass is 9.80. The standard InChI is InChI=1S/C20H26N2O6/c1-6-22-17(23)14-15(18(22)24)20(3,19(25)28-7-2)21-16(14)12-9-8-11(26-4)10-13(12)27-5/h8-10,14-16,21H,6-7H2,1-5H3/t14-,15+,16+,20-/m1/s1. The molecule has 0 radical (unpaired) electrons. The molecule has 0 bridgehead atoms. The lowest BCUT2D eigenvalue weighted by Crippen LogP contribution is -2.54. The van der Waals surface area contributed by atoms with Crippen molar-refractivity contribution in [2.24, 2.45) is 11.8 Å². The fraction of sp³-hybridized carbons (Fsp3) is 0.550. The van der Waals surface area contributed by atoms with Crippen LogP contribution in [0.3, 0.4) is 0 Å². The maximum Gasteiger partial charge on any atom is 0.326 e. The highest BCUT2D eigenvalue weighted by Gasteiger charge is 2.67. The summed E-state index contributed by atoms with van der Waals surface area (Å²) in [4.78, 5) is 40.0. The Bertz CT molecular complexity index is 810. The van der Waals surface area contributed by atoms with Gasteiger partial charge in [0.25, 0.3) is 0 Å². The van der Waals surface area contributed by atoms with Crippen LogP contribution in [0.4, 0.5) is 0 Å². The van der Waals surface area contributed by atoms with E-state index in [0.717, 1.165) is 0 Å². The maximum atomic E-state index is 13.1. The van der Waals surface area contributed by atoms with Gasteiger partial charge in [-0.25, -0.2) is 0 Å². The average Bonchev–Trinajstić information content (AvgIpc) is 3.15. The van der Waals surface area contributed by atoms with Crippen molar-refractivity contribution in [2.75, 3.05) is 27.4 Å². The third-order valence-electron chi connectivity index (χ3n) is 5.67. The molecule has 8 nitrogen and oxygen atoms in total. The monoisotopic (exact) mass is 390 g/mol. The fourth-order valence-corrected chi connectivity index (χ4v) is 4.32. The largest absolute Gasteiger partial charge is 0.497 e. The number of likely N-dealkylation sites (tertiary alicyclic amines) is 1. The highest BCUT2D eigenvalue weighted by molar-refractivity contribution is 6.09. The van der Waals surface area contributed by atoms with Gasteiger partial charge >= 0.3 is 5.97 Å². The Morgan fingerprint density at radius 3 is 2.46 bits per heavy atom. The number of carbonyl (C=O) groups excluding carboxylic acids is 3. The molecular formula is C20H26N2O6. The Morgan fingerprint density at radius 2 is 1.89 bits per heavy atom. The summed E-state index contributed by atoms with van der Waals surface area (Å²) < 4.78 is 16.0. The summed E-state index contributed by atoms with van der Waals surface area (Å²) in [6.07, 6.45) is 0. The van der Waals surface area contributed by atoms with Crippen molar-refractivity contribution in [1.29, 1.82) is 0 Å². The lowest BCUT2D eigenvalue weighted by Gasteiger charge is -2.29. The number of fused-ring (bicyclic) bond motifs is 1. The van der Waals surface area contributed by atoms with Gasteiger partial charge < -0.3 is 14.2 Å². The molecule has 0 unspecified atom stereocenters. The molecule has 2 heterocycles. The average molecular weight is 390 g/mol. The molecule has 4 atom stereocenters. The number of imide groups is 1. The summed E-state index contributed by atoms with van der Waals surface area (Å²) in [7, 11) is 3.07. The van der Waals surface area contributed by atoms with E-state index < -0.39 is 29.4 Å². The minimum Gasteiger partial charge on any atom is -0.497 e. The zero-order valence-electron chi connectivity index (χ0n) is 16.8. The van der Waals surface area contributed by atoms with E-state index in [4.69, 9.17) is 14.2 Å². The second-order valence-electron chi connectivity index (χ2n) is 7.08. The predicted octanol–water partition coefficient (Wildman–Crippen LogP) is 1.29. The van der Waals surface area contributed by atoms with Crippen LogP contribution < -0.4 is 14.8 Å². The molecule has 3 rings (SSSR count). The zero-order chi connectivity index (χ0) is 20.6. The molecule has 2 saturated heterocycles. The second kappa shape index (κ2) is 7.43. The van der Waals surface area contributed by atoms with Crippen molar-refractivity contribution >= 4 is 17.8 Å². The molecule has 2 amide bonds. The van der Waals surface area contributed by atoms with Crippen LogP contribution in [0.2, 0.25) is 0 Å². The van der Waals surface area contributed by atoms with Gasteiger partial charge in [-0.3, -0.25) is 24.6 Å². The van der Waals surface area contributed by atoms with E-state index in [9.17, 15) is 14.4 Å². The van der Waals surface area contributed by atoms with Gasteiger partial charge in [0.2, 0.25) is 11.8 Å². The van der Waals surface area contributed by atoms with E-state index in [0.29, 0.717) is 17.1 Å². The summed E-state index contributed by atoms with van der Waals surface area (Å²) in [5.41, 5.74) is -0.627. The third-order valence-corrected chi connectivity index (χ3v) is 5.67. The van der Waals surface area contributed by atoms with Crippen LogP contribution in [-0.2, 0) is 19.1 Å². The molecule has 0 spiro atoms. The number of hydrogen-bond acceptors (Lipinski definition) is 7. The molecular weight excluding hydrogens is 364 g/mol. The van der Waals surface area contributed by atoms with Crippen molar-refractivity contribution in [1.82, 2.24) is 10.2 Å². The van der Waals surface area contributed by atoms with Gasteiger partial charge in [0.05, 0.1) is 32.7 Å². The van der Waals surface area contributed by atoms with Crippen LogP contribution in [0.1, 0.15) is 32.4 Å². The molecule has 0 aromatic heterocycles. The van der Waals surface area contributed by atoms with Gasteiger partial charge in [0.15, 0.2) is 0 Å². The molecule has 0 aliphatic carbocycles. The number of hydrogen-bond donors (Lipinski definition) is 1. The maximum absolute atomic E-state index is 13.1. The van der Waals surface area contributed by atoms with Crippen molar-refractivity contribution in [2.45, 2.75) is 32.4 Å². The first kappa shape index (κ1) is 20.1. The van der Waals surface area contributed by atoms with E-state index >= 15 is 0 Å². The van der Waals surface area contributed by atoms with E-state index in [1.807, 2.05) is 0 Å². The summed E-state index contributed by atoms with van der Waals surface area (Å²) in [5.74, 6) is -1.62. The summed E-state index contributed by atoms with van der Waals surface area (Å²) >= 11 is 0. The first-order chi connectivity index (χ1) is 13.3. The van der Waals surface area contributed by atoms with Crippen molar-refractivity contribution in [3.8, 4) is 11.5 Å². The number of ether oxygens (including phenoxy) is 3. The first-order valence-corrected chi connectivity index (χ1v) is 9.36. The molecule has 2 aliphatic heterocycles. The molecule has 1 aromatic rings. The highest BCUT2D eigenvalue weighted by Crippen LogP contribution is 2.50. The quantitative estimate of drug-likeness (QED) is 0.578. The van der Waals surface area contributed by atoms with Crippen LogP contribution >= 0.6 is 0 Å². The lowest BCUT2D eigenvalue weighted by molar-refractivity contribution is -0.155. The predicted molar refractivity (Wildman–Crippen MR) is 99.8 cm³/mol. The molecule has 152 valence electrons. The van der Waals surface area contributed by atoms with Crippen LogP contribution in [0.25, 0.3) is 0 Å². The van der Waals surface area contributed by atoms with Crippen molar-refractivity contribution in [3.63, 3.8) is 0 Å². The Kier molecular flexibility index (Phi) is 5.34. The number of esters is 1. The minimum absolute atomic E-state index is 0.184. The molecule has 2 aliphatic rings. The van der Waals surface area contributed by atoms with Gasteiger partial charge in [0.1, 0.15) is 17.0 Å². The Morgan fingerprint density at radius 1 is 1.18 bits per heavy atom. The smallest absolute Gasteiger partial charge is 0.326 e. The Balaban J connectivity index is 2.12. The number of carbonyl (C=O) groups is 3. The zero-order valence-corrected chi connectivity index (χ0v) is 16.8. The fourth-order valence-electron chi connectivity index (χ4n) is 4.32. The summed E-state index contributed by atoms with van der Waals surface area (Å²) in [6.45, 7) is 5.52. The number of rotatable bonds is 6. The topological polar surface area (TPSA) is 94.2 Å². The number of benzene rings is 1. The molecule has 2 fully saturated rings. The van der Waals surface area contributed by atoms with E-state index in [2.05, 4.69) is 5.32 Å².